The highest BCUT2D eigenvalue weighted by atomic mass is 15.2. The lowest BCUT2D eigenvalue weighted by atomic mass is 9.99. The van der Waals surface area contributed by atoms with Crippen LogP contribution >= 0.6 is 0 Å². The Balaban J connectivity index is 1.29. The van der Waals surface area contributed by atoms with E-state index >= 15 is 0 Å². The molecular weight excluding hydrogens is 589 g/mol. The smallest absolute Gasteiger partial charge is 0.220 e. The molecule has 0 aliphatic rings. The van der Waals surface area contributed by atoms with Gasteiger partial charge in [0.05, 0.1) is 22.1 Å². The van der Waals surface area contributed by atoms with Crippen molar-refractivity contribution >= 4 is 49.4 Å². The van der Waals surface area contributed by atoms with Crippen LogP contribution in [0.25, 0.3) is 89.2 Å². The summed E-state index contributed by atoms with van der Waals surface area (Å²) >= 11 is 0. The standard InChI is InChI=1S/C42H26N6/c1-3-14-27(15-4-1)39-44-40(28-16-5-2-6-17-28)46-41(45-39)29-18-13-19-30(26-29)47-37-33-22-9-7-20-31(33)32-21-8-10-23-34(32)38(37)48-36-25-12-11-24-35(36)43-42(47)48/h1-26H. The van der Waals surface area contributed by atoms with Crippen LogP contribution in [0.4, 0.5) is 0 Å². The molecule has 10 aromatic rings. The van der Waals surface area contributed by atoms with Crippen molar-refractivity contribution < 1.29 is 0 Å². The highest BCUT2D eigenvalue weighted by Gasteiger charge is 2.22. The molecule has 0 amide bonds. The number of rotatable bonds is 4. The van der Waals surface area contributed by atoms with Crippen LogP contribution in [0.5, 0.6) is 0 Å². The van der Waals surface area contributed by atoms with Gasteiger partial charge in [-0.1, -0.05) is 133 Å². The summed E-state index contributed by atoms with van der Waals surface area (Å²) < 4.78 is 4.61. The number of nitrogens with zero attached hydrogens (tertiary/aromatic N) is 6. The van der Waals surface area contributed by atoms with Crippen molar-refractivity contribution in [3.8, 4) is 39.9 Å². The van der Waals surface area contributed by atoms with E-state index in [1.54, 1.807) is 0 Å². The fraction of sp³-hybridized carbons (Fsp3) is 0. The third-order valence-corrected chi connectivity index (χ3v) is 9.13. The summed E-state index contributed by atoms with van der Waals surface area (Å²) in [7, 11) is 0. The minimum absolute atomic E-state index is 0.612. The molecule has 0 aliphatic heterocycles. The first kappa shape index (κ1) is 26.5. The van der Waals surface area contributed by atoms with E-state index in [0.29, 0.717) is 17.5 Å². The van der Waals surface area contributed by atoms with Gasteiger partial charge in [-0.25, -0.2) is 19.9 Å². The molecule has 0 radical (unpaired) electrons. The van der Waals surface area contributed by atoms with Crippen LogP contribution in [0.2, 0.25) is 0 Å². The van der Waals surface area contributed by atoms with Crippen molar-refractivity contribution in [1.82, 2.24) is 28.9 Å². The van der Waals surface area contributed by atoms with Gasteiger partial charge < -0.3 is 0 Å². The molecule has 0 bridgehead atoms. The molecule has 6 nitrogen and oxygen atoms in total. The third-order valence-electron chi connectivity index (χ3n) is 9.13. The van der Waals surface area contributed by atoms with Gasteiger partial charge in [0, 0.05) is 33.2 Å². The van der Waals surface area contributed by atoms with E-state index in [4.69, 9.17) is 19.9 Å². The van der Waals surface area contributed by atoms with Crippen LogP contribution in [0, 0.1) is 0 Å². The van der Waals surface area contributed by atoms with Gasteiger partial charge in [-0.3, -0.25) is 8.97 Å². The highest BCUT2D eigenvalue weighted by molar-refractivity contribution is 6.25. The van der Waals surface area contributed by atoms with E-state index in [2.05, 4.69) is 100.0 Å². The molecule has 0 N–H and O–H groups in total. The maximum Gasteiger partial charge on any atom is 0.220 e. The number of aromatic nitrogens is 6. The number of benzene rings is 7. The van der Waals surface area contributed by atoms with Gasteiger partial charge in [0.25, 0.3) is 0 Å². The topological polar surface area (TPSA) is 60.9 Å². The van der Waals surface area contributed by atoms with Crippen LogP contribution in [-0.4, -0.2) is 28.9 Å². The molecule has 3 heterocycles. The lowest BCUT2D eigenvalue weighted by molar-refractivity contribution is 1.07. The fourth-order valence-electron chi connectivity index (χ4n) is 7.01. The van der Waals surface area contributed by atoms with E-state index < -0.39 is 0 Å². The molecular formula is C42H26N6. The number of hydrogen-bond donors (Lipinski definition) is 0. The normalized spacial score (nSPS) is 11.8. The van der Waals surface area contributed by atoms with Crippen molar-refractivity contribution in [2.24, 2.45) is 0 Å². The predicted molar refractivity (Wildman–Crippen MR) is 194 cm³/mol. The molecule has 3 aromatic heterocycles. The van der Waals surface area contributed by atoms with Crippen molar-refractivity contribution in [2.45, 2.75) is 0 Å². The molecule has 10 rings (SSSR count). The molecule has 7 aromatic carbocycles. The van der Waals surface area contributed by atoms with Gasteiger partial charge in [0.1, 0.15) is 0 Å². The lowest BCUT2D eigenvalue weighted by Crippen LogP contribution is -2.01. The Morgan fingerprint density at radius 3 is 1.52 bits per heavy atom. The molecule has 0 unspecified atom stereocenters. The molecule has 0 atom stereocenters. The second-order valence-electron chi connectivity index (χ2n) is 11.9. The van der Waals surface area contributed by atoms with Gasteiger partial charge in [0.15, 0.2) is 17.5 Å². The first-order chi connectivity index (χ1) is 23.8. The van der Waals surface area contributed by atoms with E-state index in [-0.39, 0.29) is 0 Å². The summed E-state index contributed by atoms with van der Waals surface area (Å²) in [6.45, 7) is 0. The van der Waals surface area contributed by atoms with Gasteiger partial charge in [-0.2, -0.15) is 0 Å². The predicted octanol–water partition coefficient (Wildman–Crippen LogP) is 9.92. The SMILES string of the molecule is c1ccc(-c2nc(-c3ccccc3)nc(-c3cccc(-n4c5c6ccccc6c6ccccc6c5n5c6ccccc6nc45)c3)n2)cc1. The Labute approximate surface area is 275 Å². The van der Waals surface area contributed by atoms with E-state index in [9.17, 15) is 0 Å². The maximum absolute atomic E-state index is 5.24. The zero-order valence-electron chi connectivity index (χ0n) is 25.7. The summed E-state index contributed by atoms with van der Waals surface area (Å²) in [4.78, 5) is 20.2. The largest absolute Gasteiger partial charge is 0.277 e. The van der Waals surface area contributed by atoms with Crippen molar-refractivity contribution in [1.29, 1.82) is 0 Å². The van der Waals surface area contributed by atoms with E-state index in [1.807, 2.05) is 66.7 Å². The summed E-state index contributed by atoms with van der Waals surface area (Å²) in [6, 6.07) is 54.3. The Bertz CT molecular complexity index is 2780. The van der Waals surface area contributed by atoms with Crippen LogP contribution < -0.4 is 0 Å². The second-order valence-corrected chi connectivity index (χ2v) is 11.9. The molecule has 0 saturated heterocycles. The highest BCUT2D eigenvalue weighted by Crippen LogP contribution is 2.40. The first-order valence-electron chi connectivity index (χ1n) is 16.0. The zero-order chi connectivity index (χ0) is 31.6. The Kier molecular flexibility index (Phi) is 5.77. The molecule has 6 heteroatoms. The van der Waals surface area contributed by atoms with Gasteiger partial charge in [-0.15, -0.1) is 0 Å². The van der Waals surface area contributed by atoms with Gasteiger partial charge in [-0.05, 0) is 35.0 Å². The zero-order valence-corrected chi connectivity index (χ0v) is 25.7. The maximum atomic E-state index is 5.24. The number of para-hydroxylation sites is 2. The monoisotopic (exact) mass is 614 g/mol. The average Bonchev–Trinajstić information content (AvgIpc) is 3.71. The average molecular weight is 615 g/mol. The Morgan fingerprint density at radius 1 is 0.375 bits per heavy atom. The number of imidazole rings is 2. The van der Waals surface area contributed by atoms with Crippen LogP contribution in [-0.2, 0) is 0 Å². The molecule has 224 valence electrons. The minimum Gasteiger partial charge on any atom is -0.277 e. The van der Waals surface area contributed by atoms with Crippen LogP contribution in [0.15, 0.2) is 158 Å². The third kappa shape index (κ3) is 3.99. The van der Waals surface area contributed by atoms with E-state index in [1.165, 1.54) is 21.5 Å². The van der Waals surface area contributed by atoms with Crippen LogP contribution in [0.3, 0.4) is 0 Å². The van der Waals surface area contributed by atoms with E-state index in [0.717, 1.165) is 50.2 Å². The molecule has 0 saturated carbocycles. The molecule has 0 fully saturated rings. The number of fused-ring (bicyclic) bond motifs is 10. The minimum atomic E-state index is 0.612. The van der Waals surface area contributed by atoms with Crippen molar-refractivity contribution in [2.75, 3.05) is 0 Å². The summed E-state index contributed by atoms with van der Waals surface area (Å²) in [6.07, 6.45) is 0. The van der Waals surface area contributed by atoms with Gasteiger partial charge in [0.2, 0.25) is 5.78 Å². The van der Waals surface area contributed by atoms with Crippen molar-refractivity contribution in [3.63, 3.8) is 0 Å². The summed E-state index contributed by atoms with van der Waals surface area (Å²) in [5.74, 6) is 2.74. The summed E-state index contributed by atoms with van der Waals surface area (Å²) in [5, 5.41) is 4.79. The Morgan fingerprint density at radius 2 is 0.875 bits per heavy atom. The molecule has 48 heavy (non-hydrogen) atoms. The lowest BCUT2D eigenvalue weighted by Gasteiger charge is -2.12. The van der Waals surface area contributed by atoms with Gasteiger partial charge >= 0.3 is 0 Å². The van der Waals surface area contributed by atoms with Crippen molar-refractivity contribution in [3.05, 3.63) is 158 Å². The Hall–Kier alpha value is -6.66. The summed E-state index contributed by atoms with van der Waals surface area (Å²) in [5.41, 5.74) is 8.03. The second kappa shape index (κ2) is 10.4. The quantitative estimate of drug-likeness (QED) is 0.185. The fourth-order valence-corrected chi connectivity index (χ4v) is 7.01. The molecule has 0 aliphatic carbocycles. The number of hydrogen-bond acceptors (Lipinski definition) is 4. The molecule has 0 spiro atoms. The first-order valence-corrected chi connectivity index (χ1v) is 16.0. The van der Waals surface area contributed by atoms with Crippen LogP contribution in [0.1, 0.15) is 0 Å².